The Morgan fingerprint density at radius 2 is 2.21 bits per heavy atom. The molecule has 1 aliphatic heterocycles. The van der Waals surface area contributed by atoms with Gasteiger partial charge in [0.05, 0.1) is 25.4 Å². The Bertz CT molecular complexity index is 941. The number of thiophene rings is 1. The van der Waals surface area contributed by atoms with Crippen molar-refractivity contribution in [2.75, 3.05) is 38.7 Å². The van der Waals surface area contributed by atoms with Crippen molar-refractivity contribution in [2.24, 2.45) is 0 Å². The zero-order valence-electron chi connectivity index (χ0n) is 16.0. The van der Waals surface area contributed by atoms with Crippen LogP contribution in [0.5, 0.6) is 0 Å². The lowest BCUT2D eigenvalue weighted by molar-refractivity contribution is -0.0176. The summed E-state index contributed by atoms with van der Waals surface area (Å²) in [6.45, 7) is 2.06. The van der Waals surface area contributed by atoms with E-state index in [1.54, 1.807) is 22.4 Å². The maximum atomic E-state index is 12.7. The standard InChI is InChI=1S/C20H23N5O2S/c1-24(2)19-21-8-7-16(23-19)17-13-25(9-10-27-17)20(26)22-12-15-11-14-5-3-4-6-18(14)28-15/h3-8,11,17H,9-10,12-13H2,1-2H3,(H,22,26). The lowest BCUT2D eigenvalue weighted by atomic mass is 10.2. The van der Waals surface area contributed by atoms with Gasteiger partial charge < -0.3 is 19.9 Å². The Labute approximate surface area is 168 Å². The number of rotatable bonds is 4. The molecule has 2 aromatic heterocycles. The van der Waals surface area contributed by atoms with Gasteiger partial charge in [-0.05, 0) is 23.6 Å². The van der Waals surface area contributed by atoms with Crippen molar-refractivity contribution in [3.63, 3.8) is 0 Å². The first-order chi connectivity index (χ1) is 13.6. The Morgan fingerprint density at radius 3 is 3.04 bits per heavy atom. The molecule has 1 atom stereocenters. The van der Waals surface area contributed by atoms with Gasteiger partial charge in [0.15, 0.2) is 0 Å². The van der Waals surface area contributed by atoms with Gasteiger partial charge in [0.25, 0.3) is 0 Å². The maximum absolute atomic E-state index is 12.7. The van der Waals surface area contributed by atoms with Crippen LogP contribution in [0.15, 0.2) is 42.6 Å². The van der Waals surface area contributed by atoms with Gasteiger partial charge in [-0.1, -0.05) is 18.2 Å². The van der Waals surface area contributed by atoms with E-state index in [9.17, 15) is 4.79 Å². The highest BCUT2D eigenvalue weighted by atomic mass is 32.1. The highest BCUT2D eigenvalue weighted by Crippen LogP contribution is 2.25. The van der Waals surface area contributed by atoms with Gasteiger partial charge in [-0.2, -0.15) is 0 Å². The molecule has 1 unspecified atom stereocenters. The molecule has 1 fully saturated rings. The quantitative estimate of drug-likeness (QED) is 0.733. The number of hydrogen-bond donors (Lipinski definition) is 1. The van der Waals surface area contributed by atoms with Crippen LogP contribution in [0.2, 0.25) is 0 Å². The van der Waals surface area contributed by atoms with Gasteiger partial charge in [0, 0.05) is 36.4 Å². The molecule has 1 N–H and O–H groups in total. The number of ether oxygens (including phenoxy) is 1. The molecule has 0 radical (unpaired) electrons. The van der Waals surface area contributed by atoms with Gasteiger partial charge in [-0.15, -0.1) is 11.3 Å². The number of morpholine rings is 1. The molecule has 146 valence electrons. The molecule has 0 aliphatic carbocycles. The van der Waals surface area contributed by atoms with Crippen molar-refractivity contribution in [3.8, 4) is 0 Å². The summed E-state index contributed by atoms with van der Waals surface area (Å²) >= 11 is 1.71. The van der Waals surface area contributed by atoms with Gasteiger partial charge >= 0.3 is 6.03 Å². The third-order valence-electron chi connectivity index (χ3n) is 4.64. The van der Waals surface area contributed by atoms with Crippen LogP contribution in [-0.4, -0.2) is 54.7 Å². The topological polar surface area (TPSA) is 70.6 Å². The summed E-state index contributed by atoms with van der Waals surface area (Å²) in [4.78, 5) is 26.2. The third-order valence-corrected chi connectivity index (χ3v) is 5.75. The summed E-state index contributed by atoms with van der Waals surface area (Å²) in [5.41, 5.74) is 0.792. The van der Waals surface area contributed by atoms with Crippen molar-refractivity contribution < 1.29 is 9.53 Å². The molecule has 1 saturated heterocycles. The highest BCUT2D eigenvalue weighted by Gasteiger charge is 2.26. The molecular weight excluding hydrogens is 374 g/mol. The van der Waals surface area contributed by atoms with E-state index in [2.05, 4.69) is 33.5 Å². The fourth-order valence-electron chi connectivity index (χ4n) is 3.17. The van der Waals surface area contributed by atoms with Crippen LogP contribution < -0.4 is 10.2 Å². The zero-order chi connectivity index (χ0) is 19.5. The first-order valence-corrected chi connectivity index (χ1v) is 10.0. The summed E-state index contributed by atoms with van der Waals surface area (Å²) in [7, 11) is 3.79. The Hall–Kier alpha value is -2.71. The maximum Gasteiger partial charge on any atom is 0.317 e. The molecule has 3 aromatic rings. The van der Waals surface area contributed by atoms with Gasteiger partial charge in [0.1, 0.15) is 6.10 Å². The van der Waals surface area contributed by atoms with E-state index >= 15 is 0 Å². The van der Waals surface area contributed by atoms with Crippen molar-refractivity contribution in [3.05, 3.63) is 53.2 Å². The number of aromatic nitrogens is 2. The van der Waals surface area contributed by atoms with E-state index in [1.807, 2.05) is 37.2 Å². The first kappa shape index (κ1) is 18.6. The SMILES string of the molecule is CN(C)c1nccc(C2CN(C(=O)NCc3cc4ccccc4s3)CCO2)n1. The summed E-state index contributed by atoms with van der Waals surface area (Å²) in [6.07, 6.45) is 1.48. The number of amides is 2. The molecule has 28 heavy (non-hydrogen) atoms. The number of carbonyl (C=O) groups excluding carboxylic acids is 1. The van der Waals surface area contributed by atoms with E-state index in [0.717, 1.165) is 10.6 Å². The lowest BCUT2D eigenvalue weighted by Gasteiger charge is -2.32. The fourth-order valence-corrected chi connectivity index (χ4v) is 4.17. The third kappa shape index (κ3) is 4.07. The summed E-state index contributed by atoms with van der Waals surface area (Å²) in [5, 5.41) is 4.24. The van der Waals surface area contributed by atoms with Gasteiger partial charge in [-0.3, -0.25) is 0 Å². The number of fused-ring (bicyclic) bond motifs is 1. The fraction of sp³-hybridized carbons (Fsp3) is 0.350. The van der Waals surface area contributed by atoms with Crippen LogP contribution >= 0.6 is 11.3 Å². The lowest BCUT2D eigenvalue weighted by Crippen LogP contribution is -2.47. The highest BCUT2D eigenvalue weighted by molar-refractivity contribution is 7.19. The molecule has 1 aliphatic rings. The predicted octanol–water partition coefficient (Wildman–Crippen LogP) is 3.04. The summed E-state index contributed by atoms with van der Waals surface area (Å²) in [5.74, 6) is 0.632. The molecule has 0 bridgehead atoms. The van der Waals surface area contributed by atoms with Crippen LogP contribution in [0.25, 0.3) is 10.1 Å². The minimum atomic E-state index is -0.245. The molecule has 0 saturated carbocycles. The van der Waals surface area contributed by atoms with Crippen molar-refractivity contribution in [1.82, 2.24) is 20.2 Å². The number of carbonyl (C=O) groups is 1. The van der Waals surface area contributed by atoms with E-state index < -0.39 is 0 Å². The van der Waals surface area contributed by atoms with E-state index in [1.165, 1.54) is 10.1 Å². The minimum Gasteiger partial charge on any atom is -0.368 e. The van der Waals surface area contributed by atoms with Gasteiger partial charge in [-0.25, -0.2) is 14.8 Å². The Balaban J connectivity index is 1.38. The molecule has 3 heterocycles. The summed E-state index contributed by atoms with van der Waals surface area (Å²) < 4.78 is 7.09. The second-order valence-corrected chi connectivity index (χ2v) is 8.06. The molecular formula is C20H23N5O2S. The van der Waals surface area contributed by atoms with Crippen LogP contribution in [0.4, 0.5) is 10.7 Å². The number of nitrogens with one attached hydrogen (secondary N) is 1. The predicted molar refractivity (Wildman–Crippen MR) is 111 cm³/mol. The Kier molecular flexibility index (Phi) is 5.40. The Morgan fingerprint density at radius 1 is 1.36 bits per heavy atom. The van der Waals surface area contributed by atoms with Crippen molar-refractivity contribution in [2.45, 2.75) is 12.6 Å². The largest absolute Gasteiger partial charge is 0.368 e. The van der Waals surface area contributed by atoms with Crippen LogP contribution in [0.3, 0.4) is 0 Å². The monoisotopic (exact) mass is 397 g/mol. The number of hydrogen-bond acceptors (Lipinski definition) is 6. The first-order valence-electron chi connectivity index (χ1n) is 9.22. The van der Waals surface area contributed by atoms with E-state index in [4.69, 9.17) is 4.74 Å². The molecule has 2 amide bonds. The number of urea groups is 1. The second-order valence-electron chi connectivity index (χ2n) is 6.89. The van der Waals surface area contributed by atoms with Crippen LogP contribution in [0, 0.1) is 0 Å². The van der Waals surface area contributed by atoms with Crippen molar-refractivity contribution >= 4 is 33.4 Å². The second kappa shape index (κ2) is 8.12. The molecule has 1 aromatic carbocycles. The zero-order valence-corrected chi connectivity index (χ0v) is 16.8. The normalized spacial score (nSPS) is 16.9. The van der Waals surface area contributed by atoms with Crippen LogP contribution in [-0.2, 0) is 11.3 Å². The molecule has 4 rings (SSSR count). The smallest absolute Gasteiger partial charge is 0.317 e. The van der Waals surface area contributed by atoms with E-state index in [-0.39, 0.29) is 12.1 Å². The molecule has 0 spiro atoms. The van der Waals surface area contributed by atoms with Gasteiger partial charge in [0.2, 0.25) is 5.95 Å². The average molecular weight is 398 g/mol. The molecule has 8 heteroatoms. The van der Waals surface area contributed by atoms with Crippen LogP contribution in [0.1, 0.15) is 16.7 Å². The average Bonchev–Trinajstić information content (AvgIpc) is 3.15. The van der Waals surface area contributed by atoms with Crippen molar-refractivity contribution in [1.29, 1.82) is 0 Å². The van der Waals surface area contributed by atoms with E-state index in [0.29, 0.717) is 32.2 Å². The minimum absolute atomic E-state index is 0.0763. The number of benzene rings is 1. The molecule has 7 nitrogen and oxygen atoms in total. The number of nitrogens with zero attached hydrogens (tertiary/aromatic N) is 4. The summed E-state index contributed by atoms with van der Waals surface area (Å²) in [6, 6.07) is 12.1. The number of anilines is 1.